The van der Waals surface area contributed by atoms with Crippen molar-refractivity contribution in [3.63, 3.8) is 0 Å². The smallest absolute Gasteiger partial charge is 0.336 e. The highest BCUT2D eigenvalue weighted by Gasteiger charge is 2.44. The average molecular weight is 270 g/mol. The fraction of sp³-hybridized carbons (Fsp3) is 0.188. The number of rotatable bonds is 1. The van der Waals surface area contributed by atoms with Crippen LogP contribution in [0.2, 0.25) is 0 Å². The van der Waals surface area contributed by atoms with Gasteiger partial charge in [-0.2, -0.15) is 0 Å². The van der Waals surface area contributed by atoms with Gasteiger partial charge >= 0.3 is 5.97 Å². The Morgan fingerprint density at radius 3 is 2.60 bits per heavy atom. The summed E-state index contributed by atoms with van der Waals surface area (Å²) in [4.78, 5) is 11.8. The van der Waals surface area contributed by atoms with E-state index in [4.69, 9.17) is 4.74 Å². The summed E-state index contributed by atoms with van der Waals surface area (Å²) in [5.74, 6) is -1.05. The summed E-state index contributed by atoms with van der Waals surface area (Å²) in [6.07, 6.45) is 3.43. The number of benzene rings is 1. The zero-order valence-corrected chi connectivity index (χ0v) is 11.0. The molecule has 0 saturated carbocycles. The standard InChI is InChI=1S/C16H14O4/c1-16-8-7-12(17)14(19)15(16)20-13(18)9-11(16)10-5-3-2-4-6-10/h2-7,9,17,19H,8H2,1H3. The van der Waals surface area contributed by atoms with E-state index in [0.717, 1.165) is 11.1 Å². The van der Waals surface area contributed by atoms with Crippen molar-refractivity contribution in [2.24, 2.45) is 5.41 Å². The zero-order valence-electron chi connectivity index (χ0n) is 11.0. The van der Waals surface area contributed by atoms with Crippen LogP contribution < -0.4 is 0 Å². The predicted octanol–water partition coefficient (Wildman–Crippen LogP) is 3.25. The third-order valence-electron chi connectivity index (χ3n) is 3.81. The number of ether oxygens (including phenoxy) is 1. The lowest BCUT2D eigenvalue weighted by Crippen LogP contribution is -2.32. The zero-order chi connectivity index (χ0) is 14.3. The van der Waals surface area contributed by atoms with E-state index in [1.807, 2.05) is 37.3 Å². The van der Waals surface area contributed by atoms with Gasteiger partial charge in [0.05, 0.1) is 5.41 Å². The predicted molar refractivity (Wildman–Crippen MR) is 73.6 cm³/mol. The van der Waals surface area contributed by atoms with E-state index < -0.39 is 11.4 Å². The minimum absolute atomic E-state index is 0.115. The van der Waals surface area contributed by atoms with E-state index in [2.05, 4.69) is 0 Å². The SMILES string of the molecule is CC12CC=C(O)C(O)=C1OC(=O)C=C2c1ccccc1. The summed E-state index contributed by atoms with van der Waals surface area (Å²) in [6.45, 7) is 1.88. The minimum atomic E-state index is -0.661. The molecule has 1 aliphatic carbocycles. The number of fused-ring (bicyclic) bond motifs is 1. The molecule has 1 aromatic rings. The highest BCUT2D eigenvalue weighted by molar-refractivity contribution is 5.96. The molecule has 20 heavy (non-hydrogen) atoms. The summed E-state index contributed by atoms with van der Waals surface area (Å²) < 4.78 is 5.14. The Hall–Kier alpha value is -2.49. The minimum Gasteiger partial charge on any atom is -0.504 e. The van der Waals surface area contributed by atoms with Crippen molar-refractivity contribution in [3.05, 3.63) is 65.3 Å². The molecule has 1 heterocycles. The van der Waals surface area contributed by atoms with Crippen molar-refractivity contribution < 1.29 is 19.7 Å². The van der Waals surface area contributed by atoms with Gasteiger partial charge in [-0.15, -0.1) is 0 Å². The summed E-state index contributed by atoms with van der Waals surface area (Å²) in [5.41, 5.74) is 1.01. The Kier molecular flexibility index (Phi) is 2.67. The van der Waals surface area contributed by atoms with Crippen LogP contribution in [0.25, 0.3) is 5.57 Å². The Labute approximate surface area is 116 Å². The largest absolute Gasteiger partial charge is 0.504 e. The first-order valence-electron chi connectivity index (χ1n) is 6.35. The van der Waals surface area contributed by atoms with Crippen LogP contribution in [0.3, 0.4) is 0 Å². The lowest BCUT2D eigenvalue weighted by atomic mass is 9.70. The molecule has 0 saturated heterocycles. The van der Waals surface area contributed by atoms with Crippen molar-refractivity contribution in [2.45, 2.75) is 13.3 Å². The molecule has 0 radical (unpaired) electrons. The molecular weight excluding hydrogens is 256 g/mol. The third kappa shape index (κ3) is 1.72. The maximum atomic E-state index is 11.8. The van der Waals surface area contributed by atoms with E-state index in [0.29, 0.717) is 6.42 Å². The number of hydrogen-bond donors (Lipinski definition) is 2. The van der Waals surface area contributed by atoms with Gasteiger partial charge in [-0.05, 0) is 30.6 Å². The highest BCUT2D eigenvalue weighted by atomic mass is 16.5. The molecule has 1 aliphatic heterocycles. The monoisotopic (exact) mass is 270 g/mol. The molecule has 4 heteroatoms. The van der Waals surface area contributed by atoms with Crippen LogP contribution in [0.1, 0.15) is 18.9 Å². The van der Waals surface area contributed by atoms with Gasteiger partial charge in [0, 0.05) is 6.08 Å². The van der Waals surface area contributed by atoms with Gasteiger partial charge in [0.2, 0.25) is 0 Å². The van der Waals surface area contributed by atoms with Gasteiger partial charge in [0.15, 0.2) is 17.3 Å². The molecule has 1 unspecified atom stereocenters. The van der Waals surface area contributed by atoms with Gasteiger partial charge < -0.3 is 14.9 Å². The van der Waals surface area contributed by atoms with E-state index in [1.165, 1.54) is 12.2 Å². The van der Waals surface area contributed by atoms with Crippen LogP contribution in [0.15, 0.2) is 59.8 Å². The Balaban J connectivity index is 2.19. The number of hydrogen-bond acceptors (Lipinski definition) is 4. The van der Waals surface area contributed by atoms with Crippen LogP contribution in [0.4, 0.5) is 0 Å². The molecule has 0 fully saturated rings. The van der Waals surface area contributed by atoms with Crippen molar-refractivity contribution in [3.8, 4) is 0 Å². The topological polar surface area (TPSA) is 66.8 Å². The summed E-state index contributed by atoms with van der Waals surface area (Å²) >= 11 is 0. The van der Waals surface area contributed by atoms with Crippen molar-refractivity contribution in [2.75, 3.05) is 0 Å². The number of carbonyl (C=O) groups excluding carboxylic acids is 1. The van der Waals surface area contributed by atoms with E-state index in [1.54, 1.807) is 0 Å². The van der Waals surface area contributed by atoms with Crippen molar-refractivity contribution in [1.29, 1.82) is 0 Å². The van der Waals surface area contributed by atoms with Gasteiger partial charge in [-0.3, -0.25) is 0 Å². The lowest BCUT2D eigenvalue weighted by molar-refractivity contribution is -0.136. The second-order valence-electron chi connectivity index (χ2n) is 5.15. The van der Waals surface area contributed by atoms with Crippen molar-refractivity contribution in [1.82, 2.24) is 0 Å². The quantitative estimate of drug-likeness (QED) is 0.769. The van der Waals surface area contributed by atoms with Crippen LogP contribution in [0, 0.1) is 5.41 Å². The molecule has 2 N–H and O–H groups in total. The Morgan fingerprint density at radius 2 is 1.90 bits per heavy atom. The number of carbonyl (C=O) groups is 1. The number of allylic oxidation sites excluding steroid dienone is 2. The number of esters is 1. The van der Waals surface area contributed by atoms with E-state index in [-0.39, 0.29) is 17.3 Å². The molecule has 3 rings (SSSR count). The second-order valence-corrected chi connectivity index (χ2v) is 5.15. The molecule has 1 atom stereocenters. The summed E-state index contributed by atoms with van der Waals surface area (Å²) in [6, 6.07) is 9.48. The fourth-order valence-electron chi connectivity index (χ4n) is 2.69. The molecule has 4 nitrogen and oxygen atoms in total. The van der Waals surface area contributed by atoms with Gasteiger partial charge in [0.1, 0.15) is 0 Å². The Morgan fingerprint density at radius 1 is 1.20 bits per heavy atom. The third-order valence-corrected chi connectivity index (χ3v) is 3.81. The number of aliphatic hydroxyl groups is 2. The van der Waals surface area contributed by atoms with E-state index in [9.17, 15) is 15.0 Å². The number of aliphatic hydroxyl groups excluding tert-OH is 2. The van der Waals surface area contributed by atoms with E-state index >= 15 is 0 Å². The lowest BCUT2D eigenvalue weighted by Gasteiger charge is -2.38. The first kappa shape index (κ1) is 12.5. The normalized spacial score (nSPS) is 25.6. The molecule has 2 aliphatic rings. The van der Waals surface area contributed by atoms with Gasteiger partial charge in [0.25, 0.3) is 0 Å². The molecule has 0 aromatic heterocycles. The van der Waals surface area contributed by atoms with Crippen molar-refractivity contribution >= 4 is 11.5 Å². The molecule has 102 valence electrons. The molecular formula is C16H14O4. The van der Waals surface area contributed by atoms with Crippen LogP contribution in [-0.2, 0) is 9.53 Å². The maximum absolute atomic E-state index is 11.8. The molecule has 0 spiro atoms. The first-order chi connectivity index (χ1) is 9.52. The van der Waals surface area contributed by atoms with Crippen LogP contribution in [0.5, 0.6) is 0 Å². The molecule has 0 amide bonds. The second kappa shape index (κ2) is 4.27. The maximum Gasteiger partial charge on any atom is 0.336 e. The fourth-order valence-corrected chi connectivity index (χ4v) is 2.69. The average Bonchev–Trinajstić information content (AvgIpc) is 2.46. The van der Waals surface area contributed by atoms with Crippen LogP contribution in [-0.4, -0.2) is 16.2 Å². The first-order valence-corrected chi connectivity index (χ1v) is 6.35. The van der Waals surface area contributed by atoms with Gasteiger partial charge in [-0.25, -0.2) is 4.79 Å². The van der Waals surface area contributed by atoms with Gasteiger partial charge in [-0.1, -0.05) is 30.3 Å². The molecule has 1 aromatic carbocycles. The Bertz CT molecular complexity index is 667. The summed E-state index contributed by atoms with van der Waals surface area (Å²) in [7, 11) is 0. The summed E-state index contributed by atoms with van der Waals surface area (Å²) in [5, 5.41) is 19.6. The molecule has 0 bridgehead atoms. The van der Waals surface area contributed by atoms with Crippen LogP contribution >= 0.6 is 0 Å². The highest BCUT2D eigenvalue weighted by Crippen LogP contribution is 2.50.